The van der Waals surface area contributed by atoms with Gasteiger partial charge in [-0.2, -0.15) is 5.10 Å². The van der Waals surface area contributed by atoms with Crippen molar-refractivity contribution in [2.75, 3.05) is 6.54 Å². The fourth-order valence-electron chi connectivity index (χ4n) is 4.27. The molecule has 1 aromatic carbocycles. The Morgan fingerprint density at radius 1 is 1.20 bits per heavy atom. The minimum Gasteiger partial charge on any atom is -0.312 e. The molecule has 0 spiro atoms. The third kappa shape index (κ3) is 3.34. The zero-order chi connectivity index (χ0) is 17.2. The van der Waals surface area contributed by atoms with E-state index in [1.165, 1.54) is 40.7 Å². The van der Waals surface area contributed by atoms with Crippen molar-refractivity contribution in [1.29, 1.82) is 0 Å². The molecular formula is C22H27N3. The molecule has 2 heterocycles. The van der Waals surface area contributed by atoms with Gasteiger partial charge >= 0.3 is 0 Å². The van der Waals surface area contributed by atoms with Crippen LogP contribution in [0.3, 0.4) is 0 Å². The molecule has 0 saturated carbocycles. The molecule has 2 atom stereocenters. The van der Waals surface area contributed by atoms with E-state index in [9.17, 15) is 0 Å². The van der Waals surface area contributed by atoms with E-state index >= 15 is 0 Å². The van der Waals surface area contributed by atoms with Crippen molar-refractivity contribution in [3.8, 4) is 0 Å². The average Bonchev–Trinajstić information content (AvgIpc) is 3.29. The summed E-state index contributed by atoms with van der Waals surface area (Å²) in [5.74, 6) is 0.537. The van der Waals surface area contributed by atoms with Crippen molar-refractivity contribution in [2.24, 2.45) is 5.92 Å². The van der Waals surface area contributed by atoms with Crippen molar-refractivity contribution < 1.29 is 0 Å². The predicted molar refractivity (Wildman–Crippen MR) is 104 cm³/mol. The van der Waals surface area contributed by atoms with Crippen LogP contribution in [0.15, 0.2) is 54.4 Å². The zero-order valence-corrected chi connectivity index (χ0v) is 15.2. The molecule has 0 bridgehead atoms. The van der Waals surface area contributed by atoms with Crippen molar-refractivity contribution in [3.05, 3.63) is 65.5 Å². The number of nitrogens with one attached hydrogen (secondary N) is 1. The first kappa shape index (κ1) is 16.3. The molecule has 1 saturated heterocycles. The normalized spacial score (nSPS) is 23.8. The van der Waals surface area contributed by atoms with E-state index in [1.807, 2.05) is 0 Å². The van der Waals surface area contributed by atoms with Gasteiger partial charge in [-0.1, -0.05) is 43.3 Å². The van der Waals surface area contributed by atoms with Gasteiger partial charge in [-0.05, 0) is 60.9 Å². The molecule has 1 aliphatic carbocycles. The molecule has 1 unspecified atom stereocenters. The Morgan fingerprint density at radius 3 is 2.80 bits per heavy atom. The quantitative estimate of drug-likeness (QED) is 0.891. The summed E-state index contributed by atoms with van der Waals surface area (Å²) in [7, 11) is 0. The maximum Gasteiger partial charge on any atom is 0.0565 e. The third-order valence-electron chi connectivity index (χ3n) is 5.58. The second kappa shape index (κ2) is 7.01. The molecule has 2 aliphatic rings. The highest BCUT2D eigenvalue weighted by Crippen LogP contribution is 2.40. The molecule has 1 aromatic heterocycles. The minimum absolute atomic E-state index is 0.537. The summed E-state index contributed by atoms with van der Waals surface area (Å²) in [6.07, 6.45) is 10.3. The number of aromatic nitrogens is 2. The summed E-state index contributed by atoms with van der Waals surface area (Å²) in [5.41, 5.74) is 6.81. The van der Waals surface area contributed by atoms with Crippen LogP contribution < -0.4 is 5.32 Å². The third-order valence-corrected chi connectivity index (χ3v) is 5.58. The molecule has 1 fully saturated rings. The summed E-state index contributed by atoms with van der Waals surface area (Å²) < 4.78 is 2.12. The fraction of sp³-hybridized carbons (Fsp3) is 0.409. The van der Waals surface area contributed by atoms with E-state index in [0.717, 1.165) is 19.5 Å². The Morgan fingerprint density at radius 2 is 2.04 bits per heavy atom. The zero-order valence-electron chi connectivity index (χ0n) is 15.2. The van der Waals surface area contributed by atoms with Crippen LogP contribution in [-0.4, -0.2) is 22.4 Å². The van der Waals surface area contributed by atoms with Crippen LogP contribution in [0.5, 0.6) is 0 Å². The number of hydrogen-bond donors (Lipinski definition) is 1. The van der Waals surface area contributed by atoms with Crippen LogP contribution in [0.1, 0.15) is 44.2 Å². The maximum absolute atomic E-state index is 4.64. The molecular weight excluding hydrogens is 306 g/mol. The number of nitrogens with zero attached hydrogens (tertiary/aromatic N) is 2. The molecule has 0 radical (unpaired) electrons. The van der Waals surface area contributed by atoms with Gasteiger partial charge in [0.05, 0.1) is 12.7 Å². The van der Waals surface area contributed by atoms with Gasteiger partial charge in [0.1, 0.15) is 0 Å². The Balaban J connectivity index is 1.63. The first-order valence-corrected chi connectivity index (χ1v) is 9.45. The van der Waals surface area contributed by atoms with Crippen LogP contribution in [-0.2, 0) is 6.54 Å². The van der Waals surface area contributed by atoms with E-state index in [2.05, 4.69) is 77.7 Å². The van der Waals surface area contributed by atoms with E-state index in [-0.39, 0.29) is 0 Å². The molecule has 1 aliphatic heterocycles. The van der Waals surface area contributed by atoms with E-state index in [4.69, 9.17) is 0 Å². The standard InChI is InChI=1S/C22H27N3/c1-16-10-11-21(18-7-4-3-5-8-18)17(2)22(16)19-13-24-25(14-19)15-20-9-6-12-23-20/h3-5,7-8,11,13-14,16,20,23H,6,9-10,12,15H2,1-2H3/t16?,20-/m0/s1. The molecule has 3 nitrogen and oxygen atoms in total. The Bertz CT molecular complexity index is 792. The highest BCUT2D eigenvalue weighted by molar-refractivity contribution is 5.90. The van der Waals surface area contributed by atoms with Gasteiger partial charge in [0, 0.05) is 17.8 Å². The maximum atomic E-state index is 4.64. The molecule has 1 N–H and O–H groups in total. The highest BCUT2D eigenvalue weighted by atomic mass is 15.3. The second-order valence-electron chi connectivity index (χ2n) is 7.40. The number of hydrogen-bond acceptors (Lipinski definition) is 2. The molecule has 130 valence electrons. The number of rotatable bonds is 4. The lowest BCUT2D eigenvalue weighted by Gasteiger charge is -2.24. The van der Waals surface area contributed by atoms with E-state index < -0.39 is 0 Å². The van der Waals surface area contributed by atoms with E-state index in [1.54, 1.807) is 0 Å². The van der Waals surface area contributed by atoms with Gasteiger partial charge in [-0.3, -0.25) is 4.68 Å². The van der Waals surface area contributed by atoms with Gasteiger partial charge in [0.2, 0.25) is 0 Å². The van der Waals surface area contributed by atoms with Crippen molar-refractivity contribution in [3.63, 3.8) is 0 Å². The average molecular weight is 333 g/mol. The number of allylic oxidation sites excluding steroid dienone is 4. The number of benzene rings is 1. The lowest BCUT2D eigenvalue weighted by atomic mass is 9.80. The summed E-state index contributed by atoms with van der Waals surface area (Å²) in [6, 6.07) is 11.3. The Labute approximate surface area is 150 Å². The summed E-state index contributed by atoms with van der Waals surface area (Å²) in [5, 5.41) is 8.20. The van der Waals surface area contributed by atoms with Gasteiger partial charge in [-0.25, -0.2) is 0 Å². The van der Waals surface area contributed by atoms with Gasteiger partial charge < -0.3 is 5.32 Å². The second-order valence-corrected chi connectivity index (χ2v) is 7.40. The van der Waals surface area contributed by atoms with Gasteiger partial charge in [0.15, 0.2) is 0 Å². The molecule has 2 aromatic rings. The van der Waals surface area contributed by atoms with Crippen LogP contribution in [0.2, 0.25) is 0 Å². The van der Waals surface area contributed by atoms with Gasteiger partial charge in [0.25, 0.3) is 0 Å². The topological polar surface area (TPSA) is 29.9 Å². The van der Waals surface area contributed by atoms with Crippen molar-refractivity contribution >= 4 is 11.1 Å². The van der Waals surface area contributed by atoms with Crippen molar-refractivity contribution in [1.82, 2.24) is 15.1 Å². The largest absolute Gasteiger partial charge is 0.312 e. The van der Waals surface area contributed by atoms with E-state index in [0.29, 0.717) is 12.0 Å². The van der Waals surface area contributed by atoms with Crippen molar-refractivity contribution in [2.45, 2.75) is 45.7 Å². The summed E-state index contributed by atoms with van der Waals surface area (Å²) in [4.78, 5) is 0. The monoisotopic (exact) mass is 333 g/mol. The summed E-state index contributed by atoms with van der Waals surface area (Å²) in [6.45, 7) is 6.71. The highest BCUT2D eigenvalue weighted by Gasteiger charge is 2.22. The smallest absolute Gasteiger partial charge is 0.0565 e. The fourth-order valence-corrected chi connectivity index (χ4v) is 4.27. The molecule has 4 rings (SSSR count). The predicted octanol–water partition coefficient (Wildman–Crippen LogP) is 4.53. The molecule has 0 amide bonds. The first-order valence-electron chi connectivity index (χ1n) is 9.45. The minimum atomic E-state index is 0.537. The van der Waals surface area contributed by atoms with Crippen LogP contribution in [0, 0.1) is 5.92 Å². The lowest BCUT2D eigenvalue weighted by molar-refractivity contribution is 0.476. The van der Waals surface area contributed by atoms with Gasteiger partial charge in [-0.15, -0.1) is 0 Å². The molecule has 25 heavy (non-hydrogen) atoms. The Kier molecular flexibility index (Phi) is 4.58. The molecule has 3 heteroatoms. The van der Waals surface area contributed by atoms with Crippen LogP contribution >= 0.6 is 0 Å². The van der Waals surface area contributed by atoms with Crippen LogP contribution in [0.4, 0.5) is 0 Å². The Hall–Kier alpha value is -2.13. The first-order chi connectivity index (χ1) is 12.2. The lowest BCUT2D eigenvalue weighted by Crippen LogP contribution is -2.26. The van der Waals surface area contributed by atoms with Crippen LogP contribution in [0.25, 0.3) is 11.1 Å². The SMILES string of the molecule is CC1=C(c2cnn(C[C@@H]3CCCN3)c2)C(C)CC=C1c1ccccc1. The summed E-state index contributed by atoms with van der Waals surface area (Å²) >= 11 is 0.